The first kappa shape index (κ1) is 19.8. The maximum absolute atomic E-state index is 13.0. The zero-order chi connectivity index (χ0) is 21.4. The molecule has 0 aliphatic carbocycles. The highest BCUT2D eigenvalue weighted by molar-refractivity contribution is 6.28. The summed E-state index contributed by atoms with van der Waals surface area (Å²) in [7, 11) is 0. The molecule has 1 aliphatic heterocycles. The van der Waals surface area contributed by atoms with E-state index in [2.05, 4.69) is 54.2 Å². The van der Waals surface area contributed by atoms with Gasteiger partial charge in [-0.1, -0.05) is 18.2 Å². The van der Waals surface area contributed by atoms with Crippen LogP contribution in [0.5, 0.6) is 0 Å². The molecular weight excluding hydrogens is 414 g/mol. The number of para-hydroxylation sites is 1. The Labute approximate surface area is 184 Å². The molecule has 4 heterocycles. The first-order valence-electron chi connectivity index (χ1n) is 10.6. The van der Waals surface area contributed by atoms with Crippen LogP contribution in [-0.2, 0) is 11.2 Å². The van der Waals surface area contributed by atoms with Crippen molar-refractivity contribution in [2.75, 3.05) is 18.0 Å². The van der Waals surface area contributed by atoms with Crippen molar-refractivity contribution in [3.63, 3.8) is 0 Å². The van der Waals surface area contributed by atoms with Gasteiger partial charge in [-0.25, -0.2) is 4.98 Å². The molecular formula is C22H24ClN7O. The number of piperidine rings is 1. The molecule has 0 saturated carbocycles. The fourth-order valence-corrected chi connectivity index (χ4v) is 4.61. The van der Waals surface area contributed by atoms with Gasteiger partial charge in [0.1, 0.15) is 5.52 Å². The molecule has 5 rings (SSSR count). The van der Waals surface area contributed by atoms with Gasteiger partial charge in [0.15, 0.2) is 11.5 Å². The van der Waals surface area contributed by atoms with Crippen LogP contribution in [0.3, 0.4) is 0 Å². The lowest BCUT2D eigenvalue weighted by molar-refractivity contribution is -0.125. The average Bonchev–Trinajstić information content (AvgIpc) is 3.40. The Balaban J connectivity index is 1.26. The Hall–Kier alpha value is -3.13. The molecule has 4 aromatic rings. The summed E-state index contributed by atoms with van der Waals surface area (Å²) in [5, 5.41) is 4.58. The monoisotopic (exact) mass is 437 g/mol. The molecule has 1 amide bonds. The van der Waals surface area contributed by atoms with Crippen LogP contribution in [0.25, 0.3) is 22.1 Å². The number of aromatic amines is 2. The van der Waals surface area contributed by atoms with Gasteiger partial charge in [0.2, 0.25) is 11.2 Å². The van der Waals surface area contributed by atoms with E-state index >= 15 is 0 Å². The number of H-pyrrole nitrogens is 2. The number of carbonyl (C=O) groups excluding carboxylic acids is 1. The number of nitrogens with one attached hydrogen (secondary N) is 3. The smallest absolute Gasteiger partial charge is 0.226 e. The summed E-state index contributed by atoms with van der Waals surface area (Å²) in [5.74, 6) is 0.681. The molecule has 160 valence electrons. The van der Waals surface area contributed by atoms with E-state index in [1.165, 1.54) is 10.9 Å². The molecule has 1 saturated heterocycles. The molecule has 0 spiro atoms. The largest absolute Gasteiger partial charge is 0.361 e. The number of amides is 1. The zero-order valence-corrected chi connectivity index (χ0v) is 18.0. The van der Waals surface area contributed by atoms with Crippen LogP contribution in [0.15, 0.2) is 36.8 Å². The van der Waals surface area contributed by atoms with Crippen molar-refractivity contribution in [3.8, 4) is 0 Å². The predicted molar refractivity (Wildman–Crippen MR) is 121 cm³/mol. The van der Waals surface area contributed by atoms with E-state index < -0.39 is 0 Å². The summed E-state index contributed by atoms with van der Waals surface area (Å²) in [4.78, 5) is 34.3. The van der Waals surface area contributed by atoms with Crippen molar-refractivity contribution in [1.82, 2.24) is 30.2 Å². The van der Waals surface area contributed by atoms with Crippen molar-refractivity contribution in [2.24, 2.45) is 5.92 Å². The zero-order valence-electron chi connectivity index (χ0n) is 17.2. The number of aromatic nitrogens is 5. The van der Waals surface area contributed by atoms with Crippen molar-refractivity contribution in [2.45, 2.75) is 32.2 Å². The van der Waals surface area contributed by atoms with Crippen molar-refractivity contribution in [3.05, 3.63) is 47.6 Å². The van der Waals surface area contributed by atoms with Crippen LogP contribution >= 0.6 is 11.6 Å². The molecule has 8 nitrogen and oxygen atoms in total. The Bertz CT molecular complexity index is 1230. The lowest BCUT2D eigenvalue weighted by atomic mass is 9.96. The Morgan fingerprint density at radius 1 is 1.32 bits per heavy atom. The second-order valence-electron chi connectivity index (χ2n) is 8.18. The summed E-state index contributed by atoms with van der Waals surface area (Å²) in [6, 6.07) is 8.27. The second kappa shape index (κ2) is 8.19. The van der Waals surface area contributed by atoms with Gasteiger partial charge in [-0.15, -0.1) is 0 Å². The summed E-state index contributed by atoms with van der Waals surface area (Å²) < 4.78 is 0. The highest BCUT2D eigenvalue weighted by atomic mass is 35.5. The summed E-state index contributed by atoms with van der Waals surface area (Å²) in [6.07, 6.45) is 6.16. The third kappa shape index (κ3) is 3.95. The maximum atomic E-state index is 13.0. The predicted octanol–water partition coefficient (Wildman–Crippen LogP) is 3.45. The summed E-state index contributed by atoms with van der Waals surface area (Å²) in [5.41, 5.74) is 3.62. The first-order valence-corrected chi connectivity index (χ1v) is 10.9. The number of hydrogen-bond acceptors (Lipinski definition) is 5. The molecule has 1 fully saturated rings. The summed E-state index contributed by atoms with van der Waals surface area (Å²) in [6.45, 7) is 3.46. The van der Waals surface area contributed by atoms with E-state index in [0.29, 0.717) is 18.0 Å². The SMILES string of the molecule is CC(Cc1c[nH]c2ccccc12)NC(=O)C1CCCN(c2nc(Cl)nc3nc[nH]c23)C1. The standard InChI is InChI=1S/C22H24ClN7O/c1-13(9-15-10-24-17-7-3-2-6-16(15)17)27-21(31)14-5-4-8-30(11-14)20-18-19(26-12-25-18)28-22(23)29-20/h2-3,6-7,10,12-14,24H,4-5,8-9,11H2,1H3,(H,27,31)(H,25,26,28,29). The molecule has 3 N–H and O–H groups in total. The normalized spacial score (nSPS) is 17.9. The molecule has 0 bridgehead atoms. The van der Waals surface area contributed by atoms with Crippen LogP contribution in [0.1, 0.15) is 25.3 Å². The van der Waals surface area contributed by atoms with Gasteiger partial charge < -0.3 is 20.2 Å². The van der Waals surface area contributed by atoms with Gasteiger partial charge in [-0.2, -0.15) is 9.97 Å². The van der Waals surface area contributed by atoms with E-state index in [1.807, 2.05) is 18.3 Å². The van der Waals surface area contributed by atoms with Crippen LogP contribution in [0.2, 0.25) is 5.28 Å². The number of anilines is 1. The van der Waals surface area contributed by atoms with E-state index in [-0.39, 0.29) is 23.2 Å². The van der Waals surface area contributed by atoms with E-state index in [4.69, 9.17) is 11.6 Å². The molecule has 2 atom stereocenters. The fraction of sp³-hybridized carbons (Fsp3) is 0.364. The van der Waals surface area contributed by atoms with Gasteiger partial charge in [0.05, 0.1) is 12.2 Å². The van der Waals surface area contributed by atoms with Crippen molar-refractivity contribution < 1.29 is 4.79 Å². The maximum Gasteiger partial charge on any atom is 0.226 e. The van der Waals surface area contributed by atoms with Gasteiger partial charge >= 0.3 is 0 Å². The highest BCUT2D eigenvalue weighted by Crippen LogP contribution is 2.28. The van der Waals surface area contributed by atoms with Crippen molar-refractivity contribution in [1.29, 1.82) is 0 Å². The molecule has 2 unspecified atom stereocenters. The summed E-state index contributed by atoms with van der Waals surface area (Å²) >= 11 is 6.09. The molecule has 3 aromatic heterocycles. The fourth-order valence-electron chi connectivity index (χ4n) is 4.45. The van der Waals surface area contributed by atoms with E-state index in [9.17, 15) is 4.79 Å². The number of carbonyl (C=O) groups is 1. The quantitative estimate of drug-likeness (QED) is 0.415. The average molecular weight is 438 g/mol. The number of nitrogens with zero attached hydrogens (tertiary/aromatic N) is 4. The van der Waals surface area contributed by atoms with E-state index in [0.717, 1.165) is 36.8 Å². The van der Waals surface area contributed by atoms with Crippen LogP contribution in [-0.4, -0.2) is 50.0 Å². The number of fused-ring (bicyclic) bond motifs is 2. The first-order chi connectivity index (χ1) is 15.1. The molecule has 1 aliphatic rings. The second-order valence-corrected chi connectivity index (χ2v) is 8.51. The van der Waals surface area contributed by atoms with Gasteiger partial charge in [0, 0.05) is 36.2 Å². The molecule has 9 heteroatoms. The topological polar surface area (TPSA) is 103 Å². The minimum atomic E-state index is -0.106. The van der Waals surface area contributed by atoms with Gasteiger partial charge in [-0.05, 0) is 49.4 Å². The number of hydrogen-bond donors (Lipinski definition) is 3. The van der Waals surface area contributed by atoms with Gasteiger partial charge in [-0.3, -0.25) is 4.79 Å². The molecule has 1 aromatic carbocycles. The number of halogens is 1. The number of rotatable bonds is 5. The van der Waals surface area contributed by atoms with E-state index in [1.54, 1.807) is 6.33 Å². The highest BCUT2D eigenvalue weighted by Gasteiger charge is 2.29. The Morgan fingerprint density at radius 2 is 2.19 bits per heavy atom. The molecule has 0 radical (unpaired) electrons. The minimum Gasteiger partial charge on any atom is -0.361 e. The van der Waals surface area contributed by atoms with Gasteiger partial charge in [0.25, 0.3) is 0 Å². The lowest BCUT2D eigenvalue weighted by Gasteiger charge is -2.33. The number of imidazole rings is 1. The Kier molecular flexibility index (Phi) is 5.23. The molecule has 31 heavy (non-hydrogen) atoms. The number of benzene rings is 1. The third-order valence-corrected chi connectivity index (χ3v) is 6.09. The van der Waals surface area contributed by atoms with Crippen molar-refractivity contribution >= 4 is 45.4 Å². The minimum absolute atomic E-state index is 0.0369. The lowest BCUT2D eigenvalue weighted by Crippen LogP contribution is -2.46. The van der Waals surface area contributed by atoms with Crippen LogP contribution in [0, 0.1) is 5.92 Å². The third-order valence-electron chi connectivity index (χ3n) is 5.92. The Morgan fingerprint density at radius 3 is 3.10 bits per heavy atom. The van der Waals surface area contributed by atoms with Crippen LogP contribution < -0.4 is 10.2 Å². The van der Waals surface area contributed by atoms with Crippen LogP contribution in [0.4, 0.5) is 5.82 Å².